The molecule has 9 heteroatoms. The van der Waals surface area contributed by atoms with E-state index >= 15 is 0 Å². The smallest absolute Gasteiger partial charge is 0.258 e. The molecule has 0 saturated heterocycles. The highest BCUT2D eigenvalue weighted by molar-refractivity contribution is 5.79. The molecule has 2 aromatic carbocycles. The van der Waals surface area contributed by atoms with Gasteiger partial charge in [0, 0.05) is 6.54 Å². The van der Waals surface area contributed by atoms with Crippen molar-refractivity contribution in [2.24, 2.45) is 0 Å². The van der Waals surface area contributed by atoms with Crippen LogP contribution in [0, 0.1) is 18.6 Å². The molecule has 0 spiro atoms. The summed E-state index contributed by atoms with van der Waals surface area (Å²) in [4.78, 5) is 24.5. The lowest BCUT2D eigenvalue weighted by molar-refractivity contribution is -0.125. The fourth-order valence-electron chi connectivity index (χ4n) is 2.78. The summed E-state index contributed by atoms with van der Waals surface area (Å²) in [6.45, 7) is 0.888. The molecule has 1 aromatic heterocycles. The van der Waals surface area contributed by atoms with Crippen molar-refractivity contribution in [1.82, 2.24) is 10.6 Å². The van der Waals surface area contributed by atoms with Crippen molar-refractivity contribution in [3.05, 3.63) is 83.8 Å². The average Bonchev–Trinajstić information content (AvgIpc) is 3.21. The third-order valence-electron chi connectivity index (χ3n) is 4.33. The summed E-state index contributed by atoms with van der Waals surface area (Å²) in [5.41, 5.74) is 0. The monoisotopic (exact) mass is 444 g/mol. The van der Waals surface area contributed by atoms with E-state index in [1.54, 1.807) is 31.2 Å². The Bertz CT molecular complexity index is 1070. The van der Waals surface area contributed by atoms with Crippen LogP contribution in [0.25, 0.3) is 0 Å². The topological polar surface area (TPSA) is 89.8 Å². The van der Waals surface area contributed by atoms with Crippen LogP contribution in [0.1, 0.15) is 17.6 Å². The maximum Gasteiger partial charge on any atom is 0.258 e. The van der Waals surface area contributed by atoms with Gasteiger partial charge in [0.1, 0.15) is 17.6 Å². The number of aryl methyl sites for hydroxylation is 1. The van der Waals surface area contributed by atoms with Gasteiger partial charge in [0.2, 0.25) is 0 Å². The number of furan rings is 1. The van der Waals surface area contributed by atoms with Gasteiger partial charge in [0.05, 0.1) is 0 Å². The molecule has 0 aliphatic carbocycles. The lowest BCUT2D eigenvalue weighted by atomic mass is 10.2. The van der Waals surface area contributed by atoms with Gasteiger partial charge >= 0.3 is 0 Å². The number of rotatable bonds is 10. The Morgan fingerprint density at radius 2 is 1.44 bits per heavy atom. The number of hydrogen-bond donors (Lipinski definition) is 2. The average molecular weight is 444 g/mol. The Morgan fingerprint density at radius 3 is 1.97 bits per heavy atom. The first-order valence-corrected chi connectivity index (χ1v) is 9.79. The van der Waals surface area contributed by atoms with Gasteiger partial charge in [-0.25, -0.2) is 8.78 Å². The number of amides is 2. The van der Waals surface area contributed by atoms with Crippen LogP contribution in [0.4, 0.5) is 8.78 Å². The number of benzene rings is 2. The van der Waals surface area contributed by atoms with Gasteiger partial charge < -0.3 is 24.5 Å². The largest absolute Gasteiger partial charge is 0.481 e. The summed E-state index contributed by atoms with van der Waals surface area (Å²) < 4.78 is 43.2. The standard InChI is InChI=1S/C23H22F2N2O5/c1-15-10-11-21(32-15)18(27-23(29)14-31-20-9-5-3-7-17(20)25)12-26-22(28)13-30-19-8-4-2-6-16(19)24/h2-11,18H,12-14H2,1H3,(H,26,28)(H,27,29). The molecule has 0 radical (unpaired) electrons. The normalized spacial score (nSPS) is 11.5. The highest BCUT2D eigenvalue weighted by atomic mass is 19.1. The highest BCUT2D eigenvalue weighted by Gasteiger charge is 2.20. The quantitative estimate of drug-likeness (QED) is 0.501. The summed E-state index contributed by atoms with van der Waals surface area (Å²) >= 11 is 0. The minimum Gasteiger partial charge on any atom is -0.481 e. The molecule has 0 fully saturated rings. The first-order chi connectivity index (χ1) is 15.4. The predicted molar refractivity (Wildman–Crippen MR) is 111 cm³/mol. The van der Waals surface area contributed by atoms with Gasteiger partial charge in [-0.15, -0.1) is 0 Å². The molecule has 168 valence electrons. The van der Waals surface area contributed by atoms with Crippen molar-refractivity contribution >= 4 is 11.8 Å². The maximum absolute atomic E-state index is 13.6. The van der Waals surface area contributed by atoms with Crippen LogP contribution in [0.2, 0.25) is 0 Å². The van der Waals surface area contributed by atoms with E-state index in [0.29, 0.717) is 11.5 Å². The maximum atomic E-state index is 13.6. The molecule has 1 heterocycles. The van der Waals surface area contributed by atoms with Gasteiger partial charge in [-0.05, 0) is 43.3 Å². The molecule has 7 nitrogen and oxygen atoms in total. The van der Waals surface area contributed by atoms with Crippen LogP contribution in [0.15, 0.2) is 65.1 Å². The molecule has 0 saturated carbocycles. The zero-order valence-corrected chi connectivity index (χ0v) is 17.3. The summed E-state index contributed by atoms with van der Waals surface area (Å²) in [5.74, 6) is -1.27. The van der Waals surface area contributed by atoms with Crippen molar-refractivity contribution in [3.8, 4) is 11.5 Å². The fourth-order valence-corrected chi connectivity index (χ4v) is 2.78. The van der Waals surface area contributed by atoms with E-state index in [9.17, 15) is 18.4 Å². The second kappa shape index (κ2) is 10.9. The van der Waals surface area contributed by atoms with Crippen LogP contribution in [-0.2, 0) is 9.59 Å². The van der Waals surface area contributed by atoms with Crippen molar-refractivity contribution in [1.29, 1.82) is 0 Å². The molecule has 0 aliphatic rings. The van der Waals surface area contributed by atoms with Crippen LogP contribution in [0.3, 0.4) is 0 Å². The van der Waals surface area contributed by atoms with E-state index in [2.05, 4.69) is 10.6 Å². The number of hydrogen-bond acceptors (Lipinski definition) is 5. The summed E-state index contributed by atoms with van der Waals surface area (Å²) in [5, 5.41) is 5.29. The second-order valence-electron chi connectivity index (χ2n) is 6.81. The molecule has 2 N–H and O–H groups in total. The van der Waals surface area contributed by atoms with E-state index < -0.39 is 42.7 Å². The Labute approximate surface area is 183 Å². The fraction of sp³-hybridized carbons (Fsp3) is 0.217. The van der Waals surface area contributed by atoms with Crippen LogP contribution in [-0.4, -0.2) is 31.6 Å². The molecule has 3 rings (SSSR count). The van der Waals surface area contributed by atoms with Crippen molar-refractivity contribution < 1.29 is 32.3 Å². The van der Waals surface area contributed by atoms with Gasteiger partial charge in [0.15, 0.2) is 36.3 Å². The number of nitrogens with one attached hydrogen (secondary N) is 2. The Kier molecular flexibility index (Phi) is 7.80. The predicted octanol–water partition coefficient (Wildman–Crippen LogP) is 3.30. The number of ether oxygens (including phenoxy) is 2. The van der Waals surface area contributed by atoms with Gasteiger partial charge in [-0.2, -0.15) is 0 Å². The Balaban J connectivity index is 1.54. The van der Waals surface area contributed by atoms with E-state index in [-0.39, 0.29) is 18.0 Å². The number of para-hydroxylation sites is 2. The molecule has 3 aromatic rings. The van der Waals surface area contributed by atoms with Crippen molar-refractivity contribution in [2.75, 3.05) is 19.8 Å². The molecule has 1 unspecified atom stereocenters. The molecular formula is C23H22F2N2O5. The van der Waals surface area contributed by atoms with Gasteiger partial charge in [-0.3, -0.25) is 9.59 Å². The van der Waals surface area contributed by atoms with Gasteiger partial charge in [0.25, 0.3) is 11.8 Å². The molecular weight excluding hydrogens is 422 g/mol. The molecule has 32 heavy (non-hydrogen) atoms. The van der Waals surface area contributed by atoms with E-state index in [4.69, 9.17) is 13.9 Å². The van der Waals surface area contributed by atoms with Crippen LogP contribution < -0.4 is 20.1 Å². The Morgan fingerprint density at radius 1 is 0.875 bits per heavy atom. The zero-order valence-electron chi connectivity index (χ0n) is 17.3. The van der Waals surface area contributed by atoms with Crippen molar-refractivity contribution in [2.45, 2.75) is 13.0 Å². The first kappa shape index (κ1) is 22.8. The number of carbonyl (C=O) groups is 2. The zero-order chi connectivity index (χ0) is 22.9. The van der Waals surface area contributed by atoms with E-state index in [1.165, 1.54) is 36.4 Å². The summed E-state index contributed by atoms with van der Waals surface area (Å²) in [6.07, 6.45) is 0. The minimum absolute atomic E-state index is 0.0160. The lowest BCUT2D eigenvalue weighted by Gasteiger charge is -2.18. The first-order valence-electron chi connectivity index (χ1n) is 9.79. The van der Waals surface area contributed by atoms with Crippen LogP contribution in [0.5, 0.6) is 11.5 Å². The molecule has 1 atom stereocenters. The highest BCUT2D eigenvalue weighted by Crippen LogP contribution is 2.18. The summed E-state index contributed by atoms with van der Waals surface area (Å²) in [6, 6.07) is 14.1. The third-order valence-corrected chi connectivity index (χ3v) is 4.33. The van der Waals surface area contributed by atoms with Gasteiger partial charge in [-0.1, -0.05) is 24.3 Å². The molecule has 2 amide bonds. The minimum atomic E-state index is -0.710. The third kappa shape index (κ3) is 6.56. The SMILES string of the molecule is Cc1ccc(C(CNC(=O)COc2ccccc2F)NC(=O)COc2ccccc2F)o1. The molecule has 0 aliphatic heterocycles. The number of carbonyl (C=O) groups excluding carboxylic acids is 2. The molecule has 0 bridgehead atoms. The summed E-state index contributed by atoms with van der Waals surface area (Å²) in [7, 11) is 0. The second-order valence-corrected chi connectivity index (χ2v) is 6.81. The lowest BCUT2D eigenvalue weighted by Crippen LogP contribution is -2.40. The van der Waals surface area contributed by atoms with E-state index in [0.717, 1.165) is 0 Å². The Hall–Kier alpha value is -3.88. The number of halogens is 2. The van der Waals surface area contributed by atoms with Crippen molar-refractivity contribution in [3.63, 3.8) is 0 Å². The van der Waals surface area contributed by atoms with Crippen LogP contribution >= 0.6 is 0 Å². The van der Waals surface area contributed by atoms with E-state index in [1.807, 2.05) is 0 Å².